The summed E-state index contributed by atoms with van der Waals surface area (Å²) in [7, 11) is 5.45. The van der Waals surface area contributed by atoms with Gasteiger partial charge >= 0.3 is 5.97 Å². The van der Waals surface area contributed by atoms with Crippen molar-refractivity contribution < 1.29 is 9.90 Å². The monoisotopic (exact) mass is 324 g/mol. The molecule has 2 aromatic rings. The molecule has 5 heteroatoms. The Morgan fingerprint density at radius 3 is 2.65 bits per heavy atom. The van der Waals surface area contributed by atoms with Gasteiger partial charge < -0.3 is 5.11 Å². The molecule has 0 aliphatic heterocycles. The van der Waals surface area contributed by atoms with Gasteiger partial charge in [0.2, 0.25) is 0 Å². The van der Waals surface area contributed by atoms with Gasteiger partial charge in [0.15, 0.2) is 0 Å². The van der Waals surface area contributed by atoms with Crippen molar-refractivity contribution in [1.29, 1.82) is 0 Å². The number of carboxylic acid groups (broad SMARTS) is 1. The third-order valence-electron chi connectivity index (χ3n) is 2.82. The van der Waals surface area contributed by atoms with Crippen molar-refractivity contribution in [3.63, 3.8) is 0 Å². The Morgan fingerprint density at radius 2 is 1.90 bits per heavy atom. The second kappa shape index (κ2) is 7.86. The smallest absolute Gasteiger partial charge is 0.335 e. The van der Waals surface area contributed by atoms with E-state index < -0.39 is 5.97 Å². The van der Waals surface area contributed by atoms with Crippen molar-refractivity contribution in [2.45, 2.75) is 24.7 Å². The highest BCUT2D eigenvalue weighted by Crippen LogP contribution is 2.41. The zero-order valence-corrected chi connectivity index (χ0v) is 13.6. The number of carbonyl (C=O) groups is 1. The fourth-order valence-corrected chi connectivity index (χ4v) is 5.61. The van der Waals surface area contributed by atoms with Gasteiger partial charge in [-0.05, 0) is 62.1 Å². The highest BCUT2D eigenvalue weighted by Gasteiger charge is 2.04. The van der Waals surface area contributed by atoms with Crippen LogP contribution >= 0.6 is 31.4 Å². The van der Waals surface area contributed by atoms with Gasteiger partial charge in [-0.2, -0.15) is 0 Å². The normalized spacial score (nSPS) is 10.8. The van der Waals surface area contributed by atoms with Crippen molar-refractivity contribution in [2.75, 3.05) is 5.75 Å². The maximum atomic E-state index is 10.9. The van der Waals surface area contributed by atoms with Crippen LogP contribution in [-0.4, -0.2) is 16.8 Å². The summed E-state index contributed by atoms with van der Waals surface area (Å²) in [5.74, 6) is 0.303. The first-order valence-corrected chi connectivity index (χ1v) is 10.1. The minimum Gasteiger partial charge on any atom is -0.478 e. The molecule has 2 aromatic carbocycles. The molecule has 0 aliphatic carbocycles. The van der Waals surface area contributed by atoms with Gasteiger partial charge in [-0.3, -0.25) is 0 Å². The van der Waals surface area contributed by atoms with Crippen LogP contribution in [0.2, 0.25) is 0 Å². The van der Waals surface area contributed by atoms with Crippen LogP contribution in [0.4, 0.5) is 0 Å². The van der Waals surface area contributed by atoms with Crippen LogP contribution in [0.5, 0.6) is 0 Å². The Bertz CT molecular complexity index is 599. The molecule has 0 amide bonds. The van der Waals surface area contributed by atoms with Gasteiger partial charge in [0.05, 0.1) is 5.56 Å². The van der Waals surface area contributed by atoms with Gasteiger partial charge in [0, 0.05) is 10.6 Å². The van der Waals surface area contributed by atoms with Crippen LogP contribution in [0.1, 0.15) is 30.1 Å². The molecule has 0 radical (unpaired) electrons. The molecule has 0 spiro atoms. The van der Waals surface area contributed by atoms with Crippen LogP contribution in [0, 0.1) is 0 Å². The number of hydrogen-bond donors (Lipinski definition) is 1. The summed E-state index contributed by atoms with van der Waals surface area (Å²) in [5, 5.41) is 11.0. The van der Waals surface area contributed by atoms with E-state index in [1.54, 1.807) is 32.8 Å². The van der Waals surface area contributed by atoms with Crippen LogP contribution in [-0.2, 0) is 0 Å². The van der Waals surface area contributed by atoms with E-state index in [1.165, 1.54) is 23.5 Å². The van der Waals surface area contributed by atoms with E-state index in [1.807, 2.05) is 29.0 Å². The number of carboxylic acids is 1. The first kappa shape index (κ1) is 15.6. The zero-order chi connectivity index (χ0) is 14.4. The largest absolute Gasteiger partial charge is 0.478 e. The topological polar surface area (TPSA) is 37.3 Å². The van der Waals surface area contributed by atoms with Gasteiger partial charge in [-0.1, -0.05) is 36.3 Å². The van der Waals surface area contributed by atoms with E-state index in [2.05, 4.69) is 13.0 Å². The Kier molecular flexibility index (Phi) is 6.13. The van der Waals surface area contributed by atoms with E-state index in [0.717, 1.165) is 10.8 Å². The predicted octanol–water partition coefficient (Wildman–Crippen LogP) is 5.73. The van der Waals surface area contributed by atoms with Crippen molar-refractivity contribution in [1.82, 2.24) is 0 Å². The van der Waals surface area contributed by atoms with Crippen molar-refractivity contribution in [3.8, 4) is 0 Å². The summed E-state index contributed by atoms with van der Waals surface area (Å²) in [6.45, 7) is 2.20. The fourth-order valence-electron chi connectivity index (χ4n) is 1.71. The van der Waals surface area contributed by atoms with E-state index >= 15 is 0 Å². The van der Waals surface area contributed by atoms with Crippen LogP contribution < -0.4 is 0 Å². The first-order valence-electron chi connectivity index (χ1n) is 6.44. The van der Waals surface area contributed by atoms with E-state index in [9.17, 15) is 4.79 Å². The van der Waals surface area contributed by atoms with Crippen LogP contribution in [0.3, 0.4) is 0 Å². The number of rotatable bonds is 7. The molecule has 2 rings (SSSR count). The fraction of sp³-hybridized carbons (Fsp3) is 0.267. The third-order valence-corrected chi connectivity index (χ3v) is 6.93. The van der Waals surface area contributed by atoms with E-state index in [4.69, 9.17) is 5.11 Å². The summed E-state index contributed by atoms with van der Waals surface area (Å²) in [4.78, 5) is 12.1. The lowest BCUT2D eigenvalue weighted by Crippen LogP contribution is -1.94. The molecule has 0 fully saturated rings. The highest BCUT2D eigenvalue weighted by atomic mass is 33.5. The molecule has 0 aromatic heterocycles. The molecule has 0 heterocycles. The molecule has 106 valence electrons. The molecular formula is C15H16O2S3. The molecular weight excluding hydrogens is 308 g/mol. The summed E-state index contributed by atoms with van der Waals surface area (Å²) in [6, 6.07) is 11.4. The highest BCUT2D eigenvalue weighted by molar-refractivity contribution is 9.09. The van der Waals surface area contributed by atoms with E-state index in [0.29, 0.717) is 5.56 Å². The molecule has 2 nitrogen and oxygen atoms in total. The number of fused-ring (bicyclic) bond motifs is 1. The molecule has 1 N–H and O–H groups in total. The molecule has 0 atom stereocenters. The predicted molar refractivity (Wildman–Crippen MR) is 91.7 cm³/mol. The zero-order valence-electron chi connectivity index (χ0n) is 11.2. The SMILES string of the molecule is CCCCSSSc1ccc2cc(C(=O)O)ccc2c1. The van der Waals surface area contributed by atoms with Crippen molar-refractivity contribution in [3.05, 3.63) is 42.0 Å². The van der Waals surface area contributed by atoms with Crippen LogP contribution in [0.25, 0.3) is 10.8 Å². The summed E-state index contributed by atoms with van der Waals surface area (Å²) >= 11 is 0. The van der Waals surface area contributed by atoms with E-state index in [-0.39, 0.29) is 0 Å². The average molecular weight is 324 g/mol. The minimum absolute atomic E-state index is 0.336. The minimum atomic E-state index is -0.881. The second-order valence-electron chi connectivity index (χ2n) is 4.36. The summed E-state index contributed by atoms with van der Waals surface area (Å²) in [6.07, 6.45) is 2.49. The first-order chi connectivity index (χ1) is 9.70. The maximum absolute atomic E-state index is 10.9. The average Bonchev–Trinajstić information content (AvgIpc) is 2.46. The molecule has 20 heavy (non-hydrogen) atoms. The van der Waals surface area contributed by atoms with Crippen molar-refractivity contribution in [2.24, 2.45) is 0 Å². The molecule has 0 aliphatic rings. The molecule has 0 saturated heterocycles. The van der Waals surface area contributed by atoms with Gasteiger partial charge in [-0.25, -0.2) is 4.79 Å². The number of unbranched alkanes of at least 4 members (excludes halogenated alkanes) is 1. The lowest BCUT2D eigenvalue weighted by atomic mass is 10.1. The quantitative estimate of drug-likeness (QED) is 0.520. The molecule has 0 bridgehead atoms. The Hall–Kier alpha value is -0.780. The lowest BCUT2D eigenvalue weighted by Gasteiger charge is -2.04. The van der Waals surface area contributed by atoms with Gasteiger partial charge in [0.25, 0.3) is 0 Å². The second-order valence-corrected chi connectivity index (χ2v) is 8.61. The lowest BCUT2D eigenvalue weighted by molar-refractivity contribution is 0.0697. The van der Waals surface area contributed by atoms with Gasteiger partial charge in [0.1, 0.15) is 0 Å². The Balaban J connectivity index is 2.02. The number of aromatic carboxylic acids is 1. The standard InChI is InChI=1S/C15H16O2S3/c1-2-3-8-18-20-19-14-7-6-11-9-13(15(16)17)5-4-12(11)10-14/h4-7,9-10H,2-3,8H2,1H3,(H,16,17). The molecule has 0 saturated carbocycles. The van der Waals surface area contributed by atoms with Crippen molar-refractivity contribution >= 4 is 48.2 Å². The Morgan fingerprint density at radius 1 is 1.15 bits per heavy atom. The van der Waals surface area contributed by atoms with Crippen LogP contribution in [0.15, 0.2) is 41.3 Å². The number of benzene rings is 2. The number of hydrogen-bond acceptors (Lipinski definition) is 4. The molecule has 0 unspecified atom stereocenters. The van der Waals surface area contributed by atoms with Gasteiger partial charge in [-0.15, -0.1) is 0 Å². The Labute approximate surface area is 130 Å². The summed E-state index contributed by atoms with van der Waals surface area (Å²) in [5.41, 5.74) is 0.336. The maximum Gasteiger partial charge on any atom is 0.335 e. The third kappa shape index (κ3) is 4.36. The summed E-state index contributed by atoms with van der Waals surface area (Å²) < 4.78 is 0.